The van der Waals surface area contributed by atoms with Crippen LogP contribution in [0.4, 0.5) is 16.4 Å². The van der Waals surface area contributed by atoms with E-state index < -0.39 is 12.0 Å². The van der Waals surface area contributed by atoms with Gasteiger partial charge in [-0.1, -0.05) is 12.1 Å². The van der Waals surface area contributed by atoms with Crippen LogP contribution >= 0.6 is 11.3 Å². The molecule has 0 radical (unpaired) electrons. The predicted octanol–water partition coefficient (Wildman–Crippen LogP) is 3.17. The number of fused-ring (bicyclic) bond motifs is 2. The van der Waals surface area contributed by atoms with Crippen LogP contribution in [0.5, 0.6) is 0 Å². The first kappa shape index (κ1) is 18.5. The van der Waals surface area contributed by atoms with Crippen LogP contribution in [-0.2, 0) is 27.2 Å². The SMILES string of the molecule is COC(=O)c1c(NC(=O)C[C@H]2Nc3ccccc3NC2=O)sc2c1CCCC2. The number of methoxy groups -OCH3 is 1. The van der Waals surface area contributed by atoms with E-state index in [4.69, 9.17) is 4.74 Å². The van der Waals surface area contributed by atoms with Crippen molar-refractivity contribution in [3.63, 3.8) is 0 Å². The van der Waals surface area contributed by atoms with E-state index in [1.165, 1.54) is 18.4 Å². The third kappa shape index (κ3) is 3.47. The van der Waals surface area contributed by atoms with Crippen LogP contribution in [0.25, 0.3) is 0 Å². The molecule has 2 heterocycles. The van der Waals surface area contributed by atoms with Crippen molar-refractivity contribution in [2.24, 2.45) is 0 Å². The van der Waals surface area contributed by atoms with Crippen molar-refractivity contribution in [3.8, 4) is 0 Å². The first-order valence-electron chi connectivity index (χ1n) is 9.26. The van der Waals surface area contributed by atoms with E-state index in [1.54, 1.807) is 6.07 Å². The second-order valence-corrected chi connectivity index (χ2v) is 8.00. The molecule has 0 spiro atoms. The van der Waals surface area contributed by atoms with E-state index in [0.717, 1.165) is 41.8 Å². The number of aryl methyl sites for hydroxylation is 1. The predicted molar refractivity (Wildman–Crippen MR) is 108 cm³/mol. The molecule has 0 fully saturated rings. The molecular formula is C20H21N3O4S. The van der Waals surface area contributed by atoms with E-state index in [0.29, 0.717) is 16.3 Å². The first-order valence-corrected chi connectivity index (χ1v) is 10.1. The van der Waals surface area contributed by atoms with Crippen LogP contribution < -0.4 is 16.0 Å². The smallest absolute Gasteiger partial charge is 0.341 e. The van der Waals surface area contributed by atoms with Crippen molar-refractivity contribution in [3.05, 3.63) is 40.3 Å². The lowest BCUT2D eigenvalue weighted by Crippen LogP contribution is -2.41. The molecule has 8 heteroatoms. The largest absolute Gasteiger partial charge is 0.465 e. The number of benzene rings is 1. The number of carbonyl (C=O) groups excluding carboxylic acids is 3. The van der Waals surface area contributed by atoms with Crippen LogP contribution in [0, 0.1) is 0 Å². The van der Waals surface area contributed by atoms with Gasteiger partial charge in [-0.25, -0.2) is 4.79 Å². The summed E-state index contributed by atoms with van der Waals surface area (Å²) < 4.78 is 4.93. The minimum Gasteiger partial charge on any atom is -0.465 e. The van der Waals surface area contributed by atoms with Crippen molar-refractivity contribution in [1.82, 2.24) is 0 Å². The molecule has 7 nitrogen and oxygen atoms in total. The molecule has 28 heavy (non-hydrogen) atoms. The number of hydrogen-bond donors (Lipinski definition) is 3. The number of thiophene rings is 1. The van der Waals surface area contributed by atoms with Gasteiger partial charge >= 0.3 is 5.97 Å². The van der Waals surface area contributed by atoms with Gasteiger partial charge in [0.15, 0.2) is 0 Å². The quantitative estimate of drug-likeness (QED) is 0.686. The highest BCUT2D eigenvalue weighted by Gasteiger charge is 2.30. The number of nitrogens with one attached hydrogen (secondary N) is 3. The molecule has 0 unspecified atom stereocenters. The van der Waals surface area contributed by atoms with Gasteiger partial charge in [0.1, 0.15) is 11.0 Å². The Morgan fingerprint density at radius 3 is 2.75 bits per heavy atom. The van der Waals surface area contributed by atoms with Crippen LogP contribution in [0.2, 0.25) is 0 Å². The number of esters is 1. The van der Waals surface area contributed by atoms with Gasteiger partial charge in [-0.05, 0) is 43.4 Å². The van der Waals surface area contributed by atoms with Crippen LogP contribution in [0.1, 0.15) is 40.1 Å². The zero-order valence-electron chi connectivity index (χ0n) is 15.5. The molecule has 2 aliphatic rings. The number of hydrogen-bond acceptors (Lipinski definition) is 6. The number of anilines is 3. The molecule has 1 aromatic heterocycles. The standard InChI is InChI=1S/C20H21N3O4S/c1-27-20(26)17-11-6-2-5-9-15(11)28-19(17)23-16(24)10-14-18(25)22-13-8-4-3-7-12(13)21-14/h3-4,7-8,14,21H,2,5-6,9-10H2,1H3,(H,22,25)(H,23,24)/t14-/m1/s1. The van der Waals surface area contributed by atoms with Gasteiger partial charge in [-0.2, -0.15) is 0 Å². The third-order valence-electron chi connectivity index (χ3n) is 5.03. The molecule has 146 valence electrons. The second kappa shape index (κ2) is 7.63. The average molecular weight is 399 g/mol. The fourth-order valence-electron chi connectivity index (χ4n) is 3.67. The van der Waals surface area contributed by atoms with E-state index >= 15 is 0 Å². The molecule has 4 rings (SSSR count). The summed E-state index contributed by atoms with van der Waals surface area (Å²) in [6.07, 6.45) is 3.78. The van der Waals surface area contributed by atoms with Gasteiger partial charge < -0.3 is 20.7 Å². The lowest BCUT2D eigenvalue weighted by atomic mass is 9.95. The van der Waals surface area contributed by atoms with Crippen molar-refractivity contribution in [1.29, 1.82) is 0 Å². The molecule has 2 amide bonds. The Balaban J connectivity index is 1.51. The maximum atomic E-state index is 12.6. The molecule has 3 N–H and O–H groups in total. The van der Waals surface area contributed by atoms with Crippen LogP contribution in [0.3, 0.4) is 0 Å². The molecule has 1 atom stereocenters. The normalized spacial score (nSPS) is 17.6. The maximum absolute atomic E-state index is 12.6. The van der Waals surface area contributed by atoms with Crippen molar-refractivity contribution < 1.29 is 19.1 Å². The highest BCUT2D eigenvalue weighted by atomic mass is 32.1. The lowest BCUT2D eigenvalue weighted by molar-refractivity contribution is -0.122. The zero-order valence-corrected chi connectivity index (χ0v) is 16.3. The first-order chi connectivity index (χ1) is 13.6. The Morgan fingerprint density at radius 1 is 1.21 bits per heavy atom. The number of ether oxygens (including phenoxy) is 1. The molecule has 0 bridgehead atoms. The van der Waals surface area contributed by atoms with Crippen LogP contribution in [-0.4, -0.2) is 30.9 Å². The molecular weight excluding hydrogens is 378 g/mol. The summed E-state index contributed by atoms with van der Waals surface area (Å²) in [5, 5.41) is 9.25. The summed E-state index contributed by atoms with van der Waals surface area (Å²) in [6.45, 7) is 0. The Bertz CT molecular complexity index is 953. The van der Waals surface area contributed by atoms with Gasteiger partial charge in [0.2, 0.25) is 11.8 Å². The monoisotopic (exact) mass is 399 g/mol. The number of para-hydroxylation sites is 2. The number of rotatable bonds is 4. The van der Waals surface area contributed by atoms with Crippen molar-refractivity contribution in [2.75, 3.05) is 23.1 Å². The Labute approximate surface area is 166 Å². The highest BCUT2D eigenvalue weighted by Crippen LogP contribution is 2.38. The average Bonchev–Trinajstić information content (AvgIpc) is 3.05. The Hall–Kier alpha value is -2.87. The summed E-state index contributed by atoms with van der Waals surface area (Å²) in [6, 6.07) is 6.67. The van der Waals surface area contributed by atoms with Crippen molar-refractivity contribution in [2.45, 2.75) is 38.1 Å². The van der Waals surface area contributed by atoms with E-state index in [9.17, 15) is 14.4 Å². The minimum absolute atomic E-state index is 0.0383. The van der Waals surface area contributed by atoms with Crippen molar-refractivity contribution >= 4 is 45.5 Å². The van der Waals surface area contributed by atoms with Gasteiger partial charge in [-0.3, -0.25) is 9.59 Å². The minimum atomic E-state index is -0.675. The molecule has 1 aliphatic heterocycles. The topological polar surface area (TPSA) is 96.5 Å². The fraction of sp³-hybridized carbons (Fsp3) is 0.350. The van der Waals surface area contributed by atoms with Gasteiger partial charge in [0.05, 0.1) is 30.5 Å². The zero-order chi connectivity index (χ0) is 19.7. The summed E-state index contributed by atoms with van der Waals surface area (Å²) in [5.74, 6) is -1.01. The molecule has 2 aromatic rings. The maximum Gasteiger partial charge on any atom is 0.341 e. The van der Waals surface area contributed by atoms with E-state index in [2.05, 4.69) is 16.0 Å². The van der Waals surface area contributed by atoms with Gasteiger partial charge in [0, 0.05) is 4.88 Å². The van der Waals surface area contributed by atoms with E-state index in [-0.39, 0.29) is 18.2 Å². The molecule has 1 aromatic carbocycles. The van der Waals surface area contributed by atoms with E-state index in [1.807, 2.05) is 18.2 Å². The molecule has 1 aliphatic carbocycles. The number of carbonyl (C=O) groups is 3. The van der Waals surface area contributed by atoms with Crippen LogP contribution in [0.15, 0.2) is 24.3 Å². The lowest BCUT2D eigenvalue weighted by Gasteiger charge is -2.26. The summed E-state index contributed by atoms with van der Waals surface area (Å²) in [7, 11) is 1.34. The molecule has 0 saturated carbocycles. The molecule has 0 saturated heterocycles. The Morgan fingerprint density at radius 2 is 1.96 bits per heavy atom. The number of amides is 2. The summed E-state index contributed by atoms with van der Waals surface area (Å²) in [5.41, 5.74) is 2.92. The Kier molecular flexibility index (Phi) is 5.04. The summed E-state index contributed by atoms with van der Waals surface area (Å²) >= 11 is 1.43. The van der Waals surface area contributed by atoms with Gasteiger partial charge in [-0.15, -0.1) is 11.3 Å². The second-order valence-electron chi connectivity index (χ2n) is 6.89. The van der Waals surface area contributed by atoms with Gasteiger partial charge in [0.25, 0.3) is 0 Å². The summed E-state index contributed by atoms with van der Waals surface area (Å²) in [4.78, 5) is 38.4. The third-order valence-corrected chi connectivity index (χ3v) is 6.24. The fourth-order valence-corrected chi connectivity index (χ4v) is 4.96. The highest BCUT2D eigenvalue weighted by molar-refractivity contribution is 7.17.